The minimum absolute atomic E-state index is 0.0630. The number of likely N-dealkylation sites (tertiary alicyclic amines) is 2. The van der Waals surface area contributed by atoms with Crippen molar-refractivity contribution in [3.8, 4) is 0 Å². The van der Waals surface area contributed by atoms with Crippen molar-refractivity contribution in [3.63, 3.8) is 0 Å². The molecule has 0 spiro atoms. The number of ether oxygens (including phenoxy) is 1. The number of hydrogen-bond acceptors (Lipinski definition) is 7. The van der Waals surface area contributed by atoms with Crippen molar-refractivity contribution in [1.29, 1.82) is 0 Å². The van der Waals surface area contributed by atoms with Crippen molar-refractivity contribution >= 4 is 35.3 Å². The Morgan fingerprint density at radius 1 is 0.935 bits per heavy atom. The van der Waals surface area contributed by atoms with Crippen molar-refractivity contribution in [2.45, 2.75) is 77.7 Å². The lowest BCUT2D eigenvalue weighted by molar-refractivity contribution is -0.138. The van der Waals surface area contributed by atoms with Crippen LogP contribution in [0.4, 0.5) is 10.5 Å². The van der Waals surface area contributed by atoms with Gasteiger partial charge in [0.2, 0.25) is 11.8 Å². The van der Waals surface area contributed by atoms with E-state index in [2.05, 4.69) is 10.6 Å². The number of nitrogens with one attached hydrogen (secondary N) is 2. The Balaban J connectivity index is 1.45. The molecule has 4 amide bonds. The van der Waals surface area contributed by atoms with Gasteiger partial charge in [0.1, 0.15) is 24.7 Å². The van der Waals surface area contributed by atoms with Gasteiger partial charge in [0.15, 0.2) is 5.78 Å². The number of anilines is 1. The molecule has 2 aliphatic heterocycles. The zero-order valence-corrected chi connectivity index (χ0v) is 27.7. The maximum absolute atomic E-state index is 14.0. The highest BCUT2D eigenvalue weighted by atomic mass is 16.5. The molecule has 4 rings (SSSR count). The van der Waals surface area contributed by atoms with Gasteiger partial charge in [0.05, 0.1) is 12.6 Å². The molecule has 2 heterocycles. The van der Waals surface area contributed by atoms with Crippen molar-refractivity contribution < 1.29 is 28.7 Å². The molecule has 0 saturated carbocycles. The van der Waals surface area contributed by atoms with E-state index in [1.54, 1.807) is 12.1 Å². The number of ketones is 1. The van der Waals surface area contributed by atoms with Crippen molar-refractivity contribution in [2.75, 3.05) is 32.1 Å². The molecule has 2 N–H and O–H groups in total. The van der Waals surface area contributed by atoms with Crippen LogP contribution in [0.25, 0.3) is 0 Å². The molecular weight excluding hydrogens is 586 g/mol. The van der Waals surface area contributed by atoms with Crippen LogP contribution in [0.15, 0.2) is 54.6 Å². The molecule has 0 unspecified atom stereocenters. The number of nitrogens with zero attached hydrogens (tertiary/aromatic N) is 3. The Labute approximate surface area is 271 Å². The van der Waals surface area contributed by atoms with Crippen LogP contribution in [-0.2, 0) is 25.7 Å². The third-order valence-corrected chi connectivity index (χ3v) is 8.91. The van der Waals surface area contributed by atoms with Gasteiger partial charge in [-0.2, -0.15) is 0 Å². The molecule has 0 aliphatic carbocycles. The normalized spacial score (nSPS) is 19.3. The van der Waals surface area contributed by atoms with E-state index in [4.69, 9.17) is 4.74 Å². The number of carbonyl (C=O) groups excluding carboxylic acids is 5. The maximum Gasteiger partial charge on any atom is 0.408 e. The molecule has 11 heteroatoms. The minimum atomic E-state index is -0.892. The summed E-state index contributed by atoms with van der Waals surface area (Å²) in [6.07, 6.45) is 0.727. The van der Waals surface area contributed by atoms with Crippen LogP contribution < -0.4 is 15.5 Å². The summed E-state index contributed by atoms with van der Waals surface area (Å²) in [5.41, 5.74) is 2.20. The van der Waals surface area contributed by atoms with E-state index in [0.717, 1.165) is 11.3 Å². The number of fused-ring (bicyclic) bond motifs is 1. The molecule has 0 bridgehead atoms. The number of rotatable bonds is 12. The van der Waals surface area contributed by atoms with Gasteiger partial charge < -0.3 is 30.1 Å². The van der Waals surface area contributed by atoms with E-state index in [9.17, 15) is 24.0 Å². The molecule has 0 radical (unpaired) electrons. The van der Waals surface area contributed by atoms with Crippen molar-refractivity contribution in [3.05, 3.63) is 65.7 Å². The molecule has 11 nitrogen and oxygen atoms in total. The fourth-order valence-electron chi connectivity index (χ4n) is 6.16. The summed E-state index contributed by atoms with van der Waals surface area (Å²) in [7, 11) is 3.83. The molecule has 2 aromatic rings. The summed E-state index contributed by atoms with van der Waals surface area (Å²) in [5, 5.41) is 5.64. The third-order valence-electron chi connectivity index (χ3n) is 8.91. The molecule has 0 aromatic heterocycles. The number of Topliss-reactive ketones (excluding diaryl/α,β-unsaturated/α-hetero) is 1. The average molecular weight is 634 g/mol. The van der Waals surface area contributed by atoms with Crippen molar-refractivity contribution in [2.24, 2.45) is 11.8 Å². The van der Waals surface area contributed by atoms with Crippen LogP contribution in [-0.4, -0.2) is 90.8 Å². The van der Waals surface area contributed by atoms with Crippen LogP contribution in [0.5, 0.6) is 0 Å². The Kier molecular flexibility index (Phi) is 11.4. The van der Waals surface area contributed by atoms with Gasteiger partial charge in [-0.15, -0.1) is 0 Å². The maximum atomic E-state index is 14.0. The monoisotopic (exact) mass is 633 g/mol. The molecule has 2 saturated heterocycles. The van der Waals surface area contributed by atoms with Crippen LogP contribution in [0, 0.1) is 11.8 Å². The highest BCUT2D eigenvalue weighted by Crippen LogP contribution is 2.32. The van der Waals surface area contributed by atoms with Gasteiger partial charge in [-0.1, -0.05) is 64.4 Å². The molecular formula is C35H47N5O6. The van der Waals surface area contributed by atoms with Gasteiger partial charge in [-0.3, -0.25) is 19.2 Å². The second kappa shape index (κ2) is 15.2. The second-order valence-electron chi connectivity index (χ2n) is 12.9. The van der Waals surface area contributed by atoms with Gasteiger partial charge in [-0.05, 0) is 54.5 Å². The number of alkyl carbamates (subject to hydrolysis) is 1. The van der Waals surface area contributed by atoms with Gasteiger partial charge in [0.25, 0.3) is 5.91 Å². The largest absolute Gasteiger partial charge is 0.445 e. The number of carbonyl (C=O) groups is 5. The molecule has 2 aromatic carbocycles. The Hall–Kier alpha value is -4.41. The topological polar surface area (TPSA) is 128 Å². The Morgan fingerprint density at radius 2 is 1.61 bits per heavy atom. The van der Waals surface area contributed by atoms with Crippen LogP contribution in [0.3, 0.4) is 0 Å². The average Bonchev–Trinajstić information content (AvgIpc) is 3.62. The predicted molar refractivity (Wildman–Crippen MR) is 175 cm³/mol. The first-order chi connectivity index (χ1) is 21.9. The van der Waals surface area contributed by atoms with Gasteiger partial charge in [0, 0.05) is 31.9 Å². The van der Waals surface area contributed by atoms with E-state index in [0.29, 0.717) is 24.8 Å². The van der Waals surface area contributed by atoms with E-state index in [1.807, 2.05) is 89.2 Å². The summed E-state index contributed by atoms with van der Waals surface area (Å²) in [4.78, 5) is 72.2. The zero-order valence-electron chi connectivity index (χ0n) is 27.7. The molecule has 5 atom stereocenters. The lowest BCUT2D eigenvalue weighted by Gasteiger charge is -2.31. The predicted octanol–water partition coefficient (Wildman–Crippen LogP) is 3.62. The third kappa shape index (κ3) is 8.05. The first kappa shape index (κ1) is 34.5. The first-order valence-corrected chi connectivity index (χ1v) is 16.1. The smallest absolute Gasteiger partial charge is 0.408 e. The summed E-state index contributed by atoms with van der Waals surface area (Å²) in [6, 6.07) is 13.3. The van der Waals surface area contributed by atoms with Gasteiger partial charge >= 0.3 is 6.09 Å². The lowest BCUT2D eigenvalue weighted by Crippen LogP contribution is -2.54. The summed E-state index contributed by atoms with van der Waals surface area (Å²) in [6.45, 7) is 7.94. The zero-order chi connectivity index (χ0) is 33.5. The van der Waals surface area contributed by atoms with Crippen molar-refractivity contribution in [1.82, 2.24) is 20.4 Å². The molecule has 248 valence electrons. The lowest BCUT2D eigenvalue weighted by atomic mass is 9.97. The number of amides is 4. The molecule has 2 fully saturated rings. The van der Waals surface area contributed by atoms with Crippen LogP contribution in [0.1, 0.15) is 62.9 Å². The van der Waals surface area contributed by atoms with E-state index in [-0.39, 0.29) is 55.0 Å². The number of benzene rings is 2. The van der Waals surface area contributed by atoms with E-state index in [1.165, 1.54) is 9.80 Å². The summed E-state index contributed by atoms with van der Waals surface area (Å²) in [5.74, 6) is -1.41. The summed E-state index contributed by atoms with van der Waals surface area (Å²) >= 11 is 0. The second-order valence-corrected chi connectivity index (χ2v) is 12.9. The Bertz CT molecular complexity index is 1400. The highest BCUT2D eigenvalue weighted by Gasteiger charge is 2.53. The molecule has 2 aliphatic rings. The quantitative estimate of drug-likeness (QED) is 0.366. The fraction of sp³-hybridized carbons (Fsp3) is 0.514. The SMILES string of the molecule is CC[C@H](C)[C@H](NC(=O)OCc1ccccc1)C(=O)N1CC(=O)[C@@H]2[C@H]1CCN2C(=O)[C@H](CC(C)C)NC(=O)c1ccc(N(C)C)cc1. The highest BCUT2D eigenvalue weighted by molar-refractivity contribution is 6.01. The van der Waals surface area contributed by atoms with Gasteiger partial charge in [-0.25, -0.2) is 4.79 Å². The minimum Gasteiger partial charge on any atom is -0.445 e. The summed E-state index contributed by atoms with van der Waals surface area (Å²) < 4.78 is 5.38. The van der Waals surface area contributed by atoms with E-state index < -0.39 is 30.3 Å². The number of hydrogen-bond donors (Lipinski definition) is 2. The standard InChI is InChI=1S/C35H47N5O6/c1-7-23(4)30(37-35(45)46-21-24-11-9-8-10-12-24)34(44)40-20-29(41)31-28(40)17-18-39(31)33(43)27(19-22(2)3)36-32(42)25-13-15-26(16-14-25)38(5)6/h8-16,22-23,27-28,30-31H,7,17-21H2,1-6H3,(H,36,42)(H,37,45)/t23-,27-,28+,30-,31-/m0/s1. The first-order valence-electron chi connectivity index (χ1n) is 16.1. The van der Waals surface area contributed by atoms with E-state index >= 15 is 0 Å². The Morgan fingerprint density at radius 3 is 2.22 bits per heavy atom. The fourth-order valence-corrected chi connectivity index (χ4v) is 6.16. The van der Waals surface area contributed by atoms with Crippen LogP contribution in [0.2, 0.25) is 0 Å². The van der Waals surface area contributed by atoms with Crippen LogP contribution >= 0.6 is 0 Å². The molecule has 46 heavy (non-hydrogen) atoms.